The summed E-state index contributed by atoms with van der Waals surface area (Å²) < 4.78 is 31.1. The molecule has 0 amide bonds. The third-order valence-electron chi connectivity index (χ3n) is 5.97. The van der Waals surface area contributed by atoms with Crippen LogP contribution >= 0.6 is 0 Å². The highest BCUT2D eigenvalue weighted by Crippen LogP contribution is 2.30. The van der Waals surface area contributed by atoms with Crippen molar-refractivity contribution in [1.29, 1.82) is 5.26 Å². The number of methoxy groups -OCH3 is 1. The van der Waals surface area contributed by atoms with Crippen molar-refractivity contribution in [3.63, 3.8) is 0 Å². The lowest BCUT2D eigenvalue weighted by Gasteiger charge is -2.46. The summed E-state index contributed by atoms with van der Waals surface area (Å²) in [5, 5.41) is 12.4. The molecular formula is C24H28FN3O3. The van der Waals surface area contributed by atoms with Gasteiger partial charge in [-0.25, -0.2) is 4.39 Å². The molecule has 0 aliphatic carbocycles. The monoisotopic (exact) mass is 425 g/mol. The maximum atomic E-state index is 14.2. The first-order valence-corrected chi connectivity index (χ1v) is 10.6. The fourth-order valence-corrected chi connectivity index (χ4v) is 4.00. The molecular weight excluding hydrogens is 397 g/mol. The summed E-state index contributed by atoms with van der Waals surface area (Å²) in [6.07, 6.45) is 1.49. The Bertz CT molecular complexity index is 915. The van der Waals surface area contributed by atoms with E-state index in [0.717, 1.165) is 56.9 Å². The highest BCUT2D eigenvalue weighted by atomic mass is 19.1. The molecule has 1 spiro atoms. The number of anilines is 1. The maximum absolute atomic E-state index is 14.2. The smallest absolute Gasteiger partial charge is 0.165 e. The maximum Gasteiger partial charge on any atom is 0.165 e. The van der Waals surface area contributed by atoms with Crippen molar-refractivity contribution in [3.8, 4) is 11.8 Å². The molecule has 1 N–H and O–H groups in total. The van der Waals surface area contributed by atoms with Crippen LogP contribution in [-0.2, 0) is 16.0 Å². The summed E-state index contributed by atoms with van der Waals surface area (Å²) >= 11 is 0. The fourth-order valence-electron chi connectivity index (χ4n) is 4.00. The van der Waals surface area contributed by atoms with Crippen LogP contribution in [0.1, 0.15) is 24.0 Å². The molecule has 164 valence electrons. The van der Waals surface area contributed by atoms with Gasteiger partial charge in [0.05, 0.1) is 32.0 Å². The van der Waals surface area contributed by atoms with E-state index in [1.807, 2.05) is 18.2 Å². The molecule has 0 aromatic heterocycles. The van der Waals surface area contributed by atoms with E-state index >= 15 is 0 Å². The Hall–Kier alpha value is -2.66. The lowest BCUT2D eigenvalue weighted by Crippen LogP contribution is -2.61. The third kappa shape index (κ3) is 5.16. The predicted molar refractivity (Wildman–Crippen MR) is 115 cm³/mol. The van der Waals surface area contributed by atoms with Crippen LogP contribution in [-0.4, -0.2) is 46.2 Å². The topological polar surface area (TPSA) is 66.8 Å². The SMILES string of the molecule is COc1ccc(CN(CCCC2OCC3(CNC3)CO2)c2ccc(C#N)cc2)cc1F. The van der Waals surface area contributed by atoms with Gasteiger partial charge in [-0.15, -0.1) is 0 Å². The third-order valence-corrected chi connectivity index (χ3v) is 5.97. The first-order chi connectivity index (χ1) is 15.1. The Morgan fingerprint density at radius 1 is 1.19 bits per heavy atom. The minimum Gasteiger partial charge on any atom is -0.494 e. The second kappa shape index (κ2) is 9.65. The molecule has 2 aliphatic heterocycles. The number of nitrogens with one attached hydrogen (secondary N) is 1. The molecule has 2 fully saturated rings. The largest absolute Gasteiger partial charge is 0.494 e. The summed E-state index contributed by atoms with van der Waals surface area (Å²) in [4.78, 5) is 2.18. The lowest BCUT2D eigenvalue weighted by atomic mass is 9.83. The number of rotatable bonds is 8. The Balaban J connectivity index is 1.38. The molecule has 0 radical (unpaired) electrons. The van der Waals surface area contributed by atoms with Crippen molar-refractivity contribution >= 4 is 5.69 Å². The quantitative estimate of drug-likeness (QED) is 0.699. The predicted octanol–water partition coefficient (Wildman–Crippen LogP) is 3.46. The number of halogens is 1. The van der Waals surface area contributed by atoms with Crippen LogP contribution in [0.15, 0.2) is 42.5 Å². The number of hydrogen-bond acceptors (Lipinski definition) is 6. The van der Waals surface area contributed by atoms with E-state index in [4.69, 9.17) is 19.5 Å². The molecule has 4 rings (SSSR count). The molecule has 2 aliphatic rings. The van der Waals surface area contributed by atoms with Crippen molar-refractivity contribution in [2.24, 2.45) is 5.41 Å². The zero-order chi connectivity index (χ0) is 21.7. The van der Waals surface area contributed by atoms with Crippen LogP contribution in [0.4, 0.5) is 10.1 Å². The van der Waals surface area contributed by atoms with E-state index in [1.54, 1.807) is 18.2 Å². The number of hydrogen-bond donors (Lipinski definition) is 1. The highest BCUT2D eigenvalue weighted by Gasteiger charge is 2.41. The van der Waals surface area contributed by atoms with Gasteiger partial charge in [-0.3, -0.25) is 0 Å². The molecule has 0 unspecified atom stereocenters. The summed E-state index contributed by atoms with van der Waals surface area (Å²) in [7, 11) is 1.46. The van der Waals surface area contributed by atoms with Crippen LogP contribution in [0.3, 0.4) is 0 Å². The lowest BCUT2D eigenvalue weighted by molar-refractivity contribution is -0.240. The Labute approximate surface area is 182 Å². The van der Waals surface area contributed by atoms with E-state index in [2.05, 4.69) is 16.3 Å². The van der Waals surface area contributed by atoms with Gasteiger partial charge in [0.25, 0.3) is 0 Å². The molecule has 0 atom stereocenters. The molecule has 2 saturated heterocycles. The fraction of sp³-hybridized carbons (Fsp3) is 0.458. The van der Waals surface area contributed by atoms with E-state index < -0.39 is 0 Å². The van der Waals surface area contributed by atoms with E-state index in [1.165, 1.54) is 13.2 Å². The average Bonchev–Trinajstić information content (AvgIpc) is 2.78. The normalized spacial score (nSPS) is 17.7. The standard InChI is InChI=1S/C24H28FN3O3/c1-29-22-9-6-19(11-21(22)25)13-28(20-7-4-18(12-26)5-8-20)10-2-3-23-30-16-24(17-31-23)14-27-15-24/h4-9,11,23,27H,2-3,10,13-17H2,1H3. The van der Waals surface area contributed by atoms with Crippen LogP contribution in [0, 0.1) is 22.6 Å². The van der Waals surface area contributed by atoms with Crippen LogP contribution in [0.25, 0.3) is 0 Å². The minimum atomic E-state index is -0.372. The number of nitrogens with zero attached hydrogens (tertiary/aromatic N) is 2. The molecule has 2 aromatic carbocycles. The van der Waals surface area contributed by atoms with Gasteiger partial charge < -0.3 is 24.4 Å². The second-order valence-electron chi connectivity index (χ2n) is 8.35. The van der Waals surface area contributed by atoms with E-state index in [0.29, 0.717) is 12.1 Å². The molecule has 0 bridgehead atoms. The van der Waals surface area contributed by atoms with Gasteiger partial charge in [0.1, 0.15) is 0 Å². The molecule has 31 heavy (non-hydrogen) atoms. The highest BCUT2D eigenvalue weighted by molar-refractivity contribution is 5.50. The zero-order valence-corrected chi connectivity index (χ0v) is 17.8. The van der Waals surface area contributed by atoms with Crippen molar-refractivity contribution < 1.29 is 18.6 Å². The summed E-state index contributed by atoms with van der Waals surface area (Å²) in [5.74, 6) is -0.136. The van der Waals surface area contributed by atoms with Gasteiger partial charge in [-0.1, -0.05) is 6.07 Å². The Kier molecular flexibility index (Phi) is 6.71. The summed E-state index contributed by atoms with van der Waals surface area (Å²) in [6, 6.07) is 14.6. The van der Waals surface area contributed by atoms with Gasteiger partial charge in [0, 0.05) is 43.7 Å². The van der Waals surface area contributed by atoms with E-state index in [9.17, 15) is 4.39 Å². The Morgan fingerprint density at radius 3 is 2.52 bits per heavy atom. The Morgan fingerprint density at radius 2 is 1.94 bits per heavy atom. The van der Waals surface area contributed by atoms with Crippen molar-refractivity contribution in [2.45, 2.75) is 25.7 Å². The summed E-state index contributed by atoms with van der Waals surface area (Å²) in [5.41, 5.74) is 2.62. The molecule has 6 nitrogen and oxygen atoms in total. The number of benzene rings is 2. The first kappa shape index (κ1) is 21.6. The van der Waals surface area contributed by atoms with Gasteiger partial charge in [-0.05, 0) is 48.4 Å². The van der Waals surface area contributed by atoms with Gasteiger partial charge in [0.15, 0.2) is 17.9 Å². The number of nitriles is 1. The second-order valence-corrected chi connectivity index (χ2v) is 8.35. The van der Waals surface area contributed by atoms with Crippen LogP contribution in [0.2, 0.25) is 0 Å². The average molecular weight is 426 g/mol. The zero-order valence-electron chi connectivity index (χ0n) is 17.8. The van der Waals surface area contributed by atoms with Gasteiger partial charge >= 0.3 is 0 Å². The van der Waals surface area contributed by atoms with Crippen LogP contribution in [0.5, 0.6) is 5.75 Å². The van der Waals surface area contributed by atoms with Crippen molar-refractivity contribution in [2.75, 3.05) is 44.9 Å². The minimum absolute atomic E-state index is 0.170. The molecule has 0 saturated carbocycles. The van der Waals surface area contributed by atoms with Gasteiger partial charge in [0.2, 0.25) is 0 Å². The molecule has 2 aromatic rings. The summed E-state index contributed by atoms with van der Waals surface area (Å²) in [6.45, 7) is 4.73. The van der Waals surface area contributed by atoms with Crippen molar-refractivity contribution in [1.82, 2.24) is 5.32 Å². The van der Waals surface area contributed by atoms with Gasteiger partial charge in [-0.2, -0.15) is 5.26 Å². The first-order valence-electron chi connectivity index (χ1n) is 10.6. The number of ether oxygens (including phenoxy) is 3. The van der Waals surface area contributed by atoms with E-state index in [-0.39, 0.29) is 23.3 Å². The van der Waals surface area contributed by atoms with Crippen LogP contribution < -0.4 is 15.0 Å². The van der Waals surface area contributed by atoms with Crippen molar-refractivity contribution in [3.05, 3.63) is 59.4 Å². The molecule has 2 heterocycles. The molecule has 7 heteroatoms.